The van der Waals surface area contributed by atoms with Crippen LogP contribution in [0.1, 0.15) is 24.5 Å². The van der Waals surface area contributed by atoms with E-state index in [0.717, 1.165) is 43.1 Å². The summed E-state index contributed by atoms with van der Waals surface area (Å²) in [5.41, 5.74) is 1.75. The van der Waals surface area contributed by atoms with Crippen LogP contribution < -0.4 is 0 Å². The third-order valence-corrected chi connectivity index (χ3v) is 4.31. The number of aryl methyl sites for hydroxylation is 1. The normalized spacial score (nSPS) is 16.0. The third kappa shape index (κ3) is 2.97. The zero-order chi connectivity index (χ0) is 15.5. The zero-order valence-corrected chi connectivity index (χ0v) is 13.2. The smallest absolute Gasteiger partial charge is 0.237 e. The summed E-state index contributed by atoms with van der Waals surface area (Å²) in [5.74, 6) is 1.20. The molecule has 0 N–H and O–H groups in total. The van der Waals surface area contributed by atoms with Gasteiger partial charge in [-0.05, 0) is 12.8 Å². The van der Waals surface area contributed by atoms with E-state index in [-0.39, 0.29) is 11.8 Å². The minimum absolute atomic E-state index is 0.00737. The minimum atomic E-state index is 0.00737. The number of carbonyl (C=O) groups is 1. The Morgan fingerprint density at radius 3 is 2.77 bits per heavy atom. The molecule has 0 spiro atoms. The molecular weight excluding hydrogens is 302 g/mol. The van der Waals surface area contributed by atoms with Crippen LogP contribution in [0.15, 0.2) is 24.8 Å². The molecule has 6 nitrogen and oxygen atoms in total. The first-order valence-corrected chi connectivity index (χ1v) is 7.86. The first kappa shape index (κ1) is 15.0. The molecule has 0 unspecified atom stereocenters. The van der Waals surface area contributed by atoms with Gasteiger partial charge in [-0.15, -0.1) is 11.6 Å². The number of hydrogen-bond acceptors (Lipinski definition) is 4. The lowest BCUT2D eigenvalue weighted by Crippen LogP contribution is -2.38. The number of aromatic nitrogens is 4. The van der Waals surface area contributed by atoms with E-state index in [2.05, 4.69) is 9.97 Å². The van der Waals surface area contributed by atoms with Crippen molar-refractivity contribution in [3.63, 3.8) is 0 Å². The van der Waals surface area contributed by atoms with Gasteiger partial charge >= 0.3 is 0 Å². The maximum absolute atomic E-state index is 11.6. The van der Waals surface area contributed by atoms with Crippen LogP contribution in [0.3, 0.4) is 0 Å². The predicted molar refractivity (Wildman–Crippen MR) is 83.5 cm³/mol. The lowest BCUT2D eigenvalue weighted by molar-refractivity contribution is -0.129. The lowest BCUT2D eigenvalue weighted by atomic mass is 9.93. The van der Waals surface area contributed by atoms with Gasteiger partial charge in [0.15, 0.2) is 5.82 Å². The highest BCUT2D eigenvalue weighted by Gasteiger charge is 2.24. The molecule has 1 aliphatic heterocycles. The summed E-state index contributed by atoms with van der Waals surface area (Å²) in [6.07, 6.45) is 8.97. The number of likely N-dealkylation sites (tertiary alicyclic amines) is 1. The molecule has 0 radical (unpaired) electrons. The van der Waals surface area contributed by atoms with Crippen LogP contribution in [0.5, 0.6) is 0 Å². The van der Waals surface area contributed by atoms with Gasteiger partial charge in [-0.3, -0.25) is 9.78 Å². The summed E-state index contributed by atoms with van der Waals surface area (Å²) in [7, 11) is 1.94. The molecule has 0 bridgehead atoms. The molecule has 0 aromatic carbocycles. The van der Waals surface area contributed by atoms with E-state index in [1.807, 2.05) is 28.9 Å². The van der Waals surface area contributed by atoms with E-state index in [1.165, 1.54) is 0 Å². The van der Waals surface area contributed by atoms with Gasteiger partial charge in [-0.2, -0.15) is 0 Å². The van der Waals surface area contributed by atoms with Crippen molar-refractivity contribution >= 4 is 17.5 Å². The van der Waals surface area contributed by atoms with Crippen molar-refractivity contribution in [2.75, 3.05) is 19.0 Å². The Morgan fingerprint density at radius 2 is 2.14 bits per heavy atom. The van der Waals surface area contributed by atoms with E-state index in [9.17, 15) is 4.79 Å². The van der Waals surface area contributed by atoms with E-state index >= 15 is 0 Å². The number of alkyl halides is 1. The van der Waals surface area contributed by atoms with Crippen LogP contribution in [0.4, 0.5) is 0 Å². The maximum atomic E-state index is 11.6. The van der Waals surface area contributed by atoms with Gasteiger partial charge in [0, 0.05) is 44.6 Å². The van der Waals surface area contributed by atoms with E-state index < -0.39 is 0 Å². The quantitative estimate of drug-likeness (QED) is 0.810. The number of halogens is 1. The van der Waals surface area contributed by atoms with Crippen molar-refractivity contribution in [3.8, 4) is 11.5 Å². The predicted octanol–water partition coefficient (Wildman–Crippen LogP) is 1.82. The maximum Gasteiger partial charge on any atom is 0.237 e. The molecular formula is C15H18ClN5O. The first-order valence-electron chi connectivity index (χ1n) is 7.32. The molecule has 0 aliphatic carbocycles. The second-order valence-corrected chi connectivity index (χ2v) is 5.75. The van der Waals surface area contributed by atoms with Crippen molar-refractivity contribution in [1.82, 2.24) is 24.4 Å². The fraction of sp³-hybridized carbons (Fsp3) is 0.467. The van der Waals surface area contributed by atoms with Crippen molar-refractivity contribution in [2.24, 2.45) is 7.05 Å². The van der Waals surface area contributed by atoms with Crippen LogP contribution in [-0.2, 0) is 11.8 Å². The number of carbonyl (C=O) groups excluding carboxylic acids is 1. The Hall–Kier alpha value is -1.95. The molecule has 0 atom stereocenters. The zero-order valence-electron chi connectivity index (χ0n) is 12.4. The van der Waals surface area contributed by atoms with Crippen molar-refractivity contribution in [1.29, 1.82) is 0 Å². The second kappa shape index (κ2) is 6.44. The third-order valence-electron chi connectivity index (χ3n) is 4.08. The molecule has 1 aliphatic rings. The topological polar surface area (TPSA) is 63.9 Å². The van der Waals surface area contributed by atoms with Gasteiger partial charge in [0.05, 0.1) is 11.9 Å². The molecule has 1 fully saturated rings. The van der Waals surface area contributed by atoms with Crippen molar-refractivity contribution < 1.29 is 4.79 Å². The molecule has 2 aromatic heterocycles. The molecule has 116 valence electrons. The Kier molecular flexibility index (Phi) is 4.38. The summed E-state index contributed by atoms with van der Waals surface area (Å²) in [5, 5.41) is 0. The van der Waals surface area contributed by atoms with Gasteiger partial charge in [0.25, 0.3) is 0 Å². The molecule has 3 rings (SSSR count). The average molecular weight is 320 g/mol. The van der Waals surface area contributed by atoms with Crippen molar-refractivity contribution in [3.05, 3.63) is 30.5 Å². The SMILES string of the molecule is Cn1ccnc1-c1cncc(C2CCN(C(=O)CCl)CC2)n1. The molecule has 7 heteroatoms. The lowest BCUT2D eigenvalue weighted by Gasteiger charge is -2.31. The molecule has 2 aromatic rings. The summed E-state index contributed by atoms with van der Waals surface area (Å²) in [6, 6.07) is 0. The van der Waals surface area contributed by atoms with Gasteiger partial charge in [0.1, 0.15) is 11.6 Å². The number of piperidine rings is 1. The number of rotatable bonds is 3. The average Bonchev–Trinajstić information content (AvgIpc) is 3.00. The Labute approximate surface area is 134 Å². The van der Waals surface area contributed by atoms with Crippen LogP contribution in [-0.4, -0.2) is 49.3 Å². The van der Waals surface area contributed by atoms with Gasteiger partial charge in [-0.1, -0.05) is 0 Å². The number of hydrogen-bond donors (Lipinski definition) is 0. The standard InChI is InChI=1S/C15H18ClN5O/c1-20-7-4-18-15(20)13-10-17-9-12(19-13)11-2-5-21(6-3-11)14(22)8-16/h4,7,9-11H,2-3,5-6,8H2,1H3. The summed E-state index contributed by atoms with van der Waals surface area (Å²) in [4.78, 5) is 26.8. The van der Waals surface area contributed by atoms with E-state index in [4.69, 9.17) is 16.6 Å². The van der Waals surface area contributed by atoms with Crippen LogP contribution in [0, 0.1) is 0 Å². The molecule has 1 amide bonds. The number of amides is 1. The fourth-order valence-electron chi connectivity index (χ4n) is 2.81. The highest BCUT2D eigenvalue weighted by Crippen LogP contribution is 2.27. The van der Waals surface area contributed by atoms with Crippen LogP contribution in [0.25, 0.3) is 11.5 Å². The Morgan fingerprint density at radius 1 is 1.36 bits per heavy atom. The first-order chi connectivity index (χ1) is 10.7. The van der Waals surface area contributed by atoms with Crippen LogP contribution in [0.2, 0.25) is 0 Å². The Bertz CT molecular complexity index is 663. The summed E-state index contributed by atoms with van der Waals surface area (Å²) < 4.78 is 1.93. The summed E-state index contributed by atoms with van der Waals surface area (Å²) in [6.45, 7) is 1.45. The highest BCUT2D eigenvalue weighted by molar-refractivity contribution is 6.27. The molecule has 0 saturated carbocycles. The number of imidazole rings is 1. The highest BCUT2D eigenvalue weighted by atomic mass is 35.5. The van der Waals surface area contributed by atoms with E-state index in [1.54, 1.807) is 12.4 Å². The Balaban J connectivity index is 1.74. The molecule has 3 heterocycles. The fourth-order valence-corrected chi connectivity index (χ4v) is 2.98. The van der Waals surface area contributed by atoms with Crippen LogP contribution >= 0.6 is 11.6 Å². The van der Waals surface area contributed by atoms with E-state index in [0.29, 0.717) is 5.92 Å². The van der Waals surface area contributed by atoms with Gasteiger partial charge in [0.2, 0.25) is 5.91 Å². The monoisotopic (exact) mass is 319 g/mol. The summed E-state index contributed by atoms with van der Waals surface area (Å²) >= 11 is 5.61. The minimum Gasteiger partial charge on any atom is -0.342 e. The molecule has 1 saturated heterocycles. The molecule has 22 heavy (non-hydrogen) atoms. The second-order valence-electron chi connectivity index (χ2n) is 5.48. The van der Waals surface area contributed by atoms with Gasteiger partial charge < -0.3 is 9.47 Å². The van der Waals surface area contributed by atoms with Gasteiger partial charge in [-0.25, -0.2) is 9.97 Å². The largest absolute Gasteiger partial charge is 0.342 e. The van der Waals surface area contributed by atoms with Crippen molar-refractivity contribution in [2.45, 2.75) is 18.8 Å². The number of nitrogens with zero attached hydrogens (tertiary/aromatic N) is 5.